The summed E-state index contributed by atoms with van der Waals surface area (Å²) >= 11 is 0. The first-order valence-corrected chi connectivity index (χ1v) is 6.21. The Morgan fingerprint density at radius 1 is 1.56 bits per heavy atom. The molecule has 1 fully saturated rings. The first-order valence-electron chi connectivity index (χ1n) is 6.21. The molecule has 0 aliphatic carbocycles. The summed E-state index contributed by atoms with van der Waals surface area (Å²) < 4.78 is 8.14. The van der Waals surface area contributed by atoms with Gasteiger partial charge in [-0.3, -0.25) is 0 Å². The molecule has 2 aliphatic heterocycles. The lowest BCUT2D eigenvalue weighted by molar-refractivity contribution is 0.0191. The number of hydrogen-bond donors (Lipinski definition) is 1. The van der Waals surface area contributed by atoms with Gasteiger partial charge in [0.1, 0.15) is 11.9 Å². The summed E-state index contributed by atoms with van der Waals surface area (Å²) in [5.74, 6) is 1.88. The van der Waals surface area contributed by atoms with E-state index in [1.807, 2.05) is 6.20 Å². The van der Waals surface area contributed by atoms with Gasteiger partial charge in [-0.2, -0.15) is 0 Å². The SMILES string of the molecule is CC1CCc2cnc(C3CNCCO3)n2C1. The van der Waals surface area contributed by atoms with Crippen molar-refractivity contribution in [1.29, 1.82) is 0 Å². The average molecular weight is 221 g/mol. The smallest absolute Gasteiger partial charge is 0.139 e. The van der Waals surface area contributed by atoms with Gasteiger partial charge in [0.25, 0.3) is 0 Å². The maximum atomic E-state index is 5.78. The Balaban J connectivity index is 1.86. The highest BCUT2D eigenvalue weighted by Gasteiger charge is 2.25. The van der Waals surface area contributed by atoms with Crippen LogP contribution in [0.3, 0.4) is 0 Å². The van der Waals surface area contributed by atoms with Crippen molar-refractivity contribution in [1.82, 2.24) is 14.9 Å². The summed E-state index contributed by atoms with van der Waals surface area (Å²) in [5, 5.41) is 3.36. The van der Waals surface area contributed by atoms with Crippen LogP contribution in [0, 0.1) is 5.92 Å². The Morgan fingerprint density at radius 3 is 3.31 bits per heavy atom. The minimum absolute atomic E-state index is 0.146. The zero-order valence-electron chi connectivity index (χ0n) is 9.78. The second kappa shape index (κ2) is 4.18. The lowest BCUT2D eigenvalue weighted by Gasteiger charge is -2.27. The molecular formula is C12H19N3O. The normalized spacial score (nSPS) is 30.1. The van der Waals surface area contributed by atoms with Gasteiger partial charge in [-0.15, -0.1) is 0 Å². The third-order valence-electron chi connectivity index (χ3n) is 3.57. The fraction of sp³-hybridized carbons (Fsp3) is 0.750. The van der Waals surface area contributed by atoms with Gasteiger partial charge in [0.2, 0.25) is 0 Å². The molecule has 0 saturated carbocycles. The second-order valence-electron chi connectivity index (χ2n) is 4.93. The fourth-order valence-corrected chi connectivity index (χ4v) is 2.62. The Morgan fingerprint density at radius 2 is 2.50 bits per heavy atom. The predicted molar refractivity (Wildman–Crippen MR) is 61.3 cm³/mol. The molecule has 2 aliphatic rings. The first kappa shape index (κ1) is 10.3. The number of imidazole rings is 1. The lowest BCUT2D eigenvalue weighted by Crippen LogP contribution is -2.35. The van der Waals surface area contributed by atoms with Crippen LogP contribution in [0.1, 0.15) is 31.0 Å². The molecule has 4 nitrogen and oxygen atoms in total. The molecule has 1 aromatic rings. The van der Waals surface area contributed by atoms with E-state index in [2.05, 4.69) is 21.8 Å². The maximum absolute atomic E-state index is 5.78. The molecule has 0 spiro atoms. The Kier molecular flexibility index (Phi) is 2.69. The van der Waals surface area contributed by atoms with E-state index in [0.29, 0.717) is 0 Å². The Bertz CT molecular complexity index is 368. The third-order valence-corrected chi connectivity index (χ3v) is 3.57. The molecule has 4 heteroatoms. The zero-order valence-corrected chi connectivity index (χ0v) is 9.78. The molecule has 16 heavy (non-hydrogen) atoms. The quantitative estimate of drug-likeness (QED) is 0.772. The van der Waals surface area contributed by atoms with Gasteiger partial charge in [0, 0.05) is 31.5 Å². The fourth-order valence-electron chi connectivity index (χ4n) is 2.62. The number of fused-ring (bicyclic) bond motifs is 1. The summed E-state index contributed by atoms with van der Waals surface area (Å²) in [5.41, 5.74) is 1.38. The second-order valence-corrected chi connectivity index (χ2v) is 4.93. The summed E-state index contributed by atoms with van der Waals surface area (Å²) in [6.07, 6.45) is 4.62. The van der Waals surface area contributed by atoms with Crippen LogP contribution in [-0.4, -0.2) is 29.2 Å². The van der Waals surface area contributed by atoms with Crippen LogP contribution in [0.4, 0.5) is 0 Å². The number of rotatable bonds is 1. The van der Waals surface area contributed by atoms with Gasteiger partial charge < -0.3 is 14.6 Å². The molecule has 3 rings (SSSR count). The highest BCUT2D eigenvalue weighted by atomic mass is 16.5. The number of aryl methyl sites for hydroxylation is 1. The van der Waals surface area contributed by atoms with Gasteiger partial charge >= 0.3 is 0 Å². The highest BCUT2D eigenvalue weighted by Crippen LogP contribution is 2.25. The molecule has 0 radical (unpaired) electrons. The van der Waals surface area contributed by atoms with Gasteiger partial charge in [0.15, 0.2) is 0 Å². The summed E-state index contributed by atoms with van der Waals surface area (Å²) in [6, 6.07) is 0. The van der Waals surface area contributed by atoms with E-state index in [-0.39, 0.29) is 6.10 Å². The third kappa shape index (κ3) is 1.76. The Hall–Kier alpha value is -0.870. The van der Waals surface area contributed by atoms with Gasteiger partial charge in [-0.05, 0) is 18.8 Å². The molecule has 3 heterocycles. The molecule has 88 valence electrons. The molecule has 0 aromatic carbocycles. The van der Waals surface area contributed by atoms with Crippen LogP contribution in [0.5, 0.6) is 0 Å². The maximum Gasteiger partial charge on any atom is 0.139 e. The van der Waals surface area contributed by atoms with Crippen molar-refractivity contribution in [2.45, 2.75) is 32.4 Å². The molecule has 0 bridgehead atoms. The number of nitrogens with zero attached hydrogens (tertiary/aromatic N) is 2. The van der Waals surface area contributed by atoms with Crippen molar-refractivity contribution in [3.8, 4) is 0 Å². The minimum atomic E-state index is 0.146. The van der Waals surface area contributed by atoms with Crippen LogP contribution in [0.25, 0.3) is 0 Å². The van der Waals surface area contributed by atoms with Crippen molar-refractivity contribution >= 4 is 0 Å². The van der Waals surface area contributed by atoms with E-state index in [0.717, 1.165) is 44.4 Å². The van der Waals surface area contributed by atoms with E-state index in [4.69, 9.17) is 4.74 Å². The lowest BCUT2D eigenvalue weighted by atomic mass is 10.0. The van der Waals surface area contributed by atoms with E-state index in [1.165, 1.54) is 12.1 Å². The van der Waals surface area contributed by atoms with Gasteiger partial charge in [-0.1, -0.05) is 6.92 Å². The summed E-state index contributed by atoms with van der Waals surface area (Å²) in [4.78, 5) is 4.55. The zero-order chi connectivity index (χ0) is 11.0. The van der Waals surface area contributed by atoms with E-state index >= 15 is 0 Å². The summed E-state index contributed by atoms with van der Waals surface area (Å²) in [7, 11) is 0. The van der Waals surface area contributed by atoms with E-state index in [1.54, 1.807) is 0 Å². The van der Waals surface area contributed by atoms with Gasteiger partial charge in [0.05, 0.1) is 6.61 Å². The van der Waals surface area contributed by atoms with E-state index in [9.17, 15) is 0 Å². The monoisotopic (exact) mass is 221 g/mol. The minimum Gasteiger partial charge on any atom is -0.368 e. The van der Waals surface area contributed by atoms with Crippen LogP contribution >= 0.6 is 0 Å². The van der Waals surface area contributed by atoms with Crippen molar-refractivity contribution < 1.29 is 4.74 Å². The van der Waals surface area contributed by atoms with Crippen LogP contribution in [0.2, 0.25) is 0 Å². The average Bonchev–Trinajstić information content (AvgIpc) is 2.73. The number of aromatic nitrogens is 2. The molecule has 1 saturated heterocycles. The van der Waals surface area contributed by atoms with E-state index < -0.39 is 0 Å². The molecule has 2 unspecified atom stereocenters. The highest BCUT2D eigenvalue weighted by molar-refractivity contribution is 5.11. The molecule has 1 aromatic heterocycles. The first-order chi connectivity index (χ1) is 7.84. The van der Waals surface area contributed by atoms with Crippen molar-refractivity contribution in [3.05, 3.63) is 17.7 Å². The number of ether oxygens (including phenoxy) is 1. The number of morpholine rings is 1. The van der Waals surface area contributed by atoms with Crippen LogP contribution in [-0.2, 0) is 17.7 Å². The van der Waals surface area contributed by atoms with Crippen LogP contribution < -0.4 is 5.32 Å². The van der Waals surface area contributed by atoms with Crippen molar-refractivity contribution in [2.75, 3.05) is 19.7 Å². The molecular weight excluding hydrogens is 202 g/mol. The molecule has 1 N–H and O–H groups in total. The topological polar surface area (TPSA) is 39.1 Å². The Labute approximate surface area is 96.0 Å². The summed E-state index contributed by atoms with van der Waals surface area (Å²) in [6.45, 7) is 6.06. The van der Waals surface area contributed by atoms with Crippen molar-refractivity contribution in [3.63, 3.8) is 0 Å². The predicted octanol–water partition coefficient (Wildman–Crippen LogP) is 1.13. The number of nitrogens with one attached hydrogen (secondary N) is 1. The van der Waals surface area contributed by atoms with Gasteiger partial charge in [-0.25, -0.2) is 4.98 Å². The molecule has 2 atom stereocenters. The largest absolute Gasteiger partial charge is 0.368 e. The van der Waals surface area contributed by atoms with Crippen LogP contribution in [0.15, 0.2) is 6.20 Å². The number of hydrogen-bond acceptors (Lipinski definition) is 3. The standard InChI is InChI=1S/C12H19N3O/c1-9-2-3-10-6-14-12(15(10)8-9)11-7-13-4-5-16-11/h6,9,11,13H,2-5,7-8H2,1H3. The molecule has 0 amide bonds. The van der Waals surface area contributed by atoms with Crippen molar-refractivity contribution in [2.24, 2.45) is 5.92 Å².